The van der Waals surface area contributed by atoms with Crippen molar-refractivity contribution < 1.29 is 33.2 Å². The van der Waals surface area contributed by atoms with Crippen LogP contribution < -0.4 is 0 Å². The van der Waals surface area contributed by atoms with Gasteiger partial charge in [0.25, 0.3) is 0 Å². The molecule has 0 saturated carbocycles. The van der Waals surface area contributed by atoms with Crippen LogP contribution in [-0.2, 0) is 33.2 Å². The molecule has 1 heterocycles. The second-order valence-electron chi connectivity index (χ2n) is 5.59. The van der Waals surface area contributed by atoms with Crippen molar-refractivity contribution in [1.82, 2.24) is 4.90 Å². The molecule has 1 fully saturated rings. The van der Waals surface area contributed by atoms with Crippen molar-refractivity contribution in [2.24, 2.45) is 0 Å². The topological polar surface area (TPSA) is 67.9 Å². The van der Waals surface area contributed by atoms with Gasteiger partial charge in [-0.05, 0) is 7.05 Å². The third-order valence-electron chi connectivity index (χ3n) is 3.47. The van der Waals surface area contributed by atoms with Gasteiger partial charge in [0.05, 0.1) is 92.5 Å². The molecule has 0 unspecified atom stereocenters. The summed E-state index contributed by atoms with van der Waals surface area (Å²) in [6.07, 6.45) is 0. The monoisotopic (exact) mass is 365 g/mol. The molecule has 8 nitrogen and oxygen atoms in total. The number of hydrogen-bond acceptors (Lipinski definition) is 8. The molecule has 8 heteroatoms. The number of likely N-dealkylation sites (N-methyl/N-ethyl adjacent to an activating group) is 1. The van der Waals surface area contributed by atoms with Crippen LogP contribution >= 0.6 is 0 Å². The minimum Gasteiger partial charge on any atom is -0.378 e. The highest BCUT2D eigenvalue weighted by Crippen LogP contribution is 1.88. The van der Waals surface area contributed by atoms with Gasteiger partial charge in [0, 0.05) is 13.1 Å². The molecular formula is C17H35NO7. The van der Waals surface area contributed by atoms with E-state index >= 15 is 0 Å². The van der Waals surface area contributed by atoms with Crippen LogP contribution in [0.25, 0.3) is 0 Å². The highest BCUT2D eigenvalue weighted by Gasteiger charge is 1.99. The van der Waals surface area contributed by atoms with E-state index in [1.807, 2.05) is 0 Å². The highest BCUT2D eigenvalue weighted by atomic mass is 16.6. The van der Waals surface area contributed by atoms with E-state index in [4.69, 9.17) is 33.2 Å². The van der Waals surface area contributed by atoms with Crippen LogP contribution in [0.1, 0.15) is 0 Å². The second-order valence-corrected chi connectivity index (χ2v) is 5.59. The van der Waals surface area contributed by atoms with E-state index in [1.54, 1.807) is 0 Å². The Balaban J connectivity index is 2.07. The van der Waals surface area contributed by atoms with Gasteiger partial charge in [-0.15, -0.1) is 0 Å². The van der Waals surface area contributed by atoms with Gasteiger partial charge >= 0.3 is 0 Å². The van der Waals surface area contributed by atoms with Gasteiger partial charge in [0.15, 0.2) is 0 Å². The Bertz CT molecular complexity index is 247. The Morgan fingerprint density at radius 3 is 0.800 bits per heavy atom. The molecule has 0 aromatic carbocycles. The minimum atomic E-state index is 0.563. The van der Waals surface area contributed by atoms with Gasteiger partial charge in [-0.1, -0.05) is 0 Å². The molecule has 0 amide bonds. The molecule has 1 aliphatic heterocycles. The zero-order valence-electron chi connectivity index (χ0n) is 15.6. The van der Waals surface area contributed by atoms with Gasteiger partial charge in [0.1, 0.15) is 0 Å². The molecule has 0 radical (unpaired) electrons. The normalized spacial score (nSPS) is 24.4. The smallest absolute Gasteiger partial charge is 0.0701 e. The van der Waals surface area contributed by atoms with Crippen LogP contribution in [0.5, 0.6) is 0 Å². The van der Waals surface area contributed by atoms with E-state index in [0.717, 1.165) is 13.1 Å². The number of ether oxygens (including phenoxy) is 7. The maximum absolute atomic E-state index is 5.54. The van der Waals surface area contributed by atoms with Crippen molar-refractivity contribution >= 4 is 0 Å². The third kappa shape index (κ3) is 16.9. The van der Waals surface area contributed by atoms with Crippen molar-refractivity contribution in [2.45, 2.75) is 0 Å². The Hall–Kier alpha value is -0.320. The van der Waals surface area contributed by atoms with Crippen LogP contribution in [0.2, 0.25) is 0 Å². The Morgan fingerprint density at radius 1 is 0.360 bits per heavy atom. The first-order valence-corrected chi connectivity index (χ1v) is 9.12. The lowest BCUT2D eigenvalue weighted by Crippen LogP contribution is -2.28. The Morgan fingerprint density at radius 2 is 0.560 bits per heavy atom. The zero-order valence-corrected chi connectivity index (χ0v) is 15.6. The van der Waals surface area contributed by atoms with Crippen molar-refractivity contribution in [2.75, 3.05) is 113 Å². The zero-order chi connectivity index (χ0) is 17.8. The molecule has 0 aromatic rings. The Kier molecular flexibility index (Phi) is 16.8. The van der Waals surface area contributed by atoms with Crippen molar-refractivity contribution in [3.05, 3.63) is 0 Å². The summed E-state index contributed by atoms with van der Waals surface area (Å²) in [5, 5.41) is 0. The summed E-state index contributed by atoms with van der Waals surface area (Å²) in [6, 6.07) is 0. The van der Waals surface area contributed by atoms with E-state index in [2.05, 4.69) is 11.9 Å². The SMILES string of the molecule is CN1CCOCCOCCOCCOCCOCCOCCOCC1. The average Bonchev–Trinajstić information content (AvgIpc) is 2.61. The predicted octanol–water partition coefficient (Wildman–Crippen LogP) is 0.0480. The summed E-state index contributed by atoms with van der Waals surface area (Å²) in [7, 11) is 2.06. The fourth-order valence-electron chi connectivity index (χ4n) is 1.97. The molecule has 0 bridgehead atoms. The molecule has 1 aliphatic rings. The van der Waals surface area contributed by atoms with E-state index in [1.165, 1.54) is 0 Å². The summed E-state index contributed by atoms with van der Waals surface area (Å²) in [4.78, 5) is 2.18. The summed E-state index contributed by atoms with van der Waals surface area (Å²) >= 11 is 0. The van der Waals surface area contributed by atoms with Crippen LogP contribution in [0.3, 0.4) is 0 Å². The Labute approximate surface area is 151 Å². The third-order valence-corrected chi connectivity index (χ3v) is 3.47. The van der Waals surface area contributed by atoms with Crippen LogP contribution in [0.4, 0.5) is 0 Å². The molecule has 0 atom stereocenters. The molecule has 0 N–H and O–H groups in total. The van der Waals surface area contributed by atoms with E-state index in [-0.39, 0.29) is 0 Å². The molecule has 0 aromatic heterocycles. The lowest BCUT2D eigenvalue weighted by Gasteiger charge is -2.16. The summed E-state index contributed by atoms with van der Waals surface area (Å²) in [5.41, 5.74) is 0. The molecule has 1 saturated heterocycles. The predicted molar refractivity (Wildman–Crippen MR) is 93.2 cm³/mol. The first-order chi connectivity index (χ1) is 12.4. The number of hydrogen-bond donors (Lipinski definition) is 0. The van der Waals surface area contributed by atoms with Crippen molar-refractivity contribution in [3.63, 3.8) is 0 Å². The standard InChI is InChI=1S/C17H35NO7/c1-18-2-4-19-6-8-21-10-12-23-14-16-25-17-15-24-13-11-22-9-7-20-5-3-18/h2-17H2,1H3. The van der Waals surface area contributed by atoms with Gasteiger partial charge in [-0.25, -0.2) is 0 Å². The maximum atomic E-state index is 5.54. The summed E-state index contributed by atoms with van der Waals surface area (Å²) in [6.45, 7) is 10.1. The van der Waals surface area contributed by atoms with Gasteiger partial charge in [0.2, 0.25) is 0 Å². The fourth-order valence-corrected chi connectivity index (χ4v) is 1.97. The molecule has 150 valence electrons. The van der Waals surface area contributed by atoms with E-state index in [0.29, 0.717) is 92.5 Å². The fraction of sp³-hybridized carbons (Fsp3) is 1.00. The first-order valence-electron chi connectivity index (χ1n) is 9.12. The second kappa shape index (κ2) is 18.5. The quantitative estimate of drug-likeness (QED) is 0.597. The van der Waals surface area contributed by atoms with E-state index in [9.17, 15) is 0 Å². The molecule has 0 aliphatic carbocycles. The van der Waals surface area contributed by atoms with Crippen LogP contribution in [0, 0.1) is 0 Å². The lowest BCUT2D eigenvalue weighted by molar-refractivity contribution is -0.0234. The maximum Gasteiger partial charge on any atom is 0.0701 e. The summed E-state index contributed by atoms with van der Waals surface area (Å²) in [5.74, 6) is 0. The lowest BCUT2D eigenvalue weighted by atomic mass is 10.5. The van der Waals surface area contributed by atoms with Crippen LogP contribution in [-0.4, -0.2) is 118 Å². The number of rotatable bonds is 0. The van der Waals surface area contributed by atoms with Crippen LogP contribution in [0.15, 0.2) is 0 Å². The highest BCUT2D eigenvalue weighted by molar-refractivity contribution is 4.49. The van der Waals surface area contributed by atoms with E-state index < -0.39 is 0 Å². The number of nitrogens with zero attached hydrogens (tertiary/aromatic N) is 1. The minimum absolute atomic E-state index is 0.563. The molecule has 1 rings (SSSR count). The van der Waals surface area contributed by atoms with Gasteiger partial charge < -0.3 is 38.1 Å². The summed E-state index contributed by atoms with van der Waals surface area (Å²) < 4.78 is 38.2. The molecule has 0 spiro atoms. The van der Waals surface area contributed by atoms with Gasteiger partial charge in [-0.2, -0.15) is 0 Å². The van der Waals surface area contributed by atoms with Crippen molar-refractivity contribution in [1.29, 1.82) is 0 Å². The van der Waals surface area contributed by atoms with Gasteiger partial charge in [-0.3, -0.25) is 0 Å². The van der Waals surface area contributed by atoms with Crippen molar-refractivity contribution in [3.8, 4) is 0 Å². The largest absolute Gasteiger partial charge is 0.378 e. The first kappa shape index (κ1) is 22.7. The molecular weight excluding hydrogens is 330 g/mol. The average molecular weight is 365 g/mol. The molecule has 25 heavy (non-hydrogen) atoms.